The van der Waals surface area contributed by atoms with E-state index in [4.69, 9.17) is 0 Å². The quantitative estimate of drug-likeness (QED) is 0.816. The molecular formula is C22H28N2. The average molecular weight is 320 g/mol. The minimum absolute atomic E-state index is 0.418. The number of fused-ring (bicyclic) bond motifs is 2. The maximum Gasteiger partial charge on any atom is 0.0441 e. The van der Waals surface area contributed by atoms with E-state index >= 15 is 0 Å². The zero-order valence-corrected chi connectivity index (χ0v) is 15.0. The van der Waals surface area contributed by atoms with Crippen molar-refractivity contribution >= 4 is 0 Å². The second kappa shape index (κ2) is 6.33. The minimum Gasteiger partial charge on any atom is -0.299 e. The van der Waals surface area contributed by atoms with Gasteiger partial charge in [0, 0.05) is 18.4 Å². The first-order valence-electron chi connectivity index (χ1n) is 9.42. The number of benzene rings is 1. The largest absolute Gasteiger partial charge is 0.299 e. The van der Waals surface area contributed by atoms with Gasteiger partial charge in [-0.15, -0.1) is 0 Å². The van der Waals surface area contributed by atoms with Crippen molar-refractivity contribution in [2.24, 2.45) is 0 Å². The number of hydrogen-bond donors (Lipinski definition) is 0. The molecule has 0 bridgehead atoms. The van der Waals surface area contributed by atoms with Gasteiger partial charge in [-0.25, -0.2) is 0 Å². The molecule has 1 aromatic carbocycles. The Kier molecular flexibility index (Phi) is 4.17. The van der Waals surface area contributed by atoms with E-state index in [-0.39, 0.29) is 0 Å². The van der Waals surface area contributed by atoms with Gasteiger partial charge in [-0.2, -0.15) is 0 Å². The van der Waals surface area contributed by atoms with Gasteiger partial charge >= 0.3 is 0 Å². The number of rotatable bonds is 3. The molecule has 1 spiro atoms. The lowest BCUT2D eigenvalue weighted by Gasteiger charge is -2.40. The zero-order valence-electron chi connectivity index (χ0n) is 15.0. The molecule has 2 aromatic rings. The third-order valence-corrected chi connectivity index (χ3v) is 6.17. The van der Waals surface area contributed by atoms with Gasteiger partial charge in [0.1, 0.15) is 0 Å². The molecule has 2 nitrogen and oxygen atoms in total. The van der Waals surface area contributed by atoms with Gasteiger partial charge in [-0.1, -0.05) is 44.2 Å². The van der Waals surface area contributed by atoms with Crippen molar-refractivity contribution in [3.8, 4) is 0 Å². The van der Waals surface area contributed by atoms with Gasteiger partial charge < -0.3 is 0 Å². The first kappa shape index (κ1) is 15.8. The van der Waals surface area contributed by atoms with Crippen molar-refractivity contribution in [1.82, 2.24) is 9.88 Å². The van der Waals surface area contributed by atoms with Crippen LogP contribution in [0.4, 0.5) is 0 Å². The van der Waals surface area contributed by atoms with Crippen molar-refractivity contribution in [2.75, 3.05) is 13.1 Å². The van der Waals surface area contributed by atoms with Gasteiger partial charge in [-0.05, 0) is 72.9 Å². The molecule has 24 heavy (non-hydrogen) atoms. The third kappa shape index (κ3) is 2.88. The summed E-state index contributed by atoms with van der Waals surface area (Å²) in [5.41, 5.74) is 6.21. The number of nitrogens with zero attached hydrogens (tertiary/aromatic N) is 2. The van der Waals surface area contributed by atoms with Gasteiger partial charge in [0.05, 0.1) is 0 Å². The van der Waals surface area contributed by atoms with Crippen molar-refractivity contribution in [2.45, 2.75) is 57.4 Å². The molecule has 1 fully saturated rings. The SMILES string of the molecule is CC(C)c1ccc(CN2CCC3(CCc4ncccc43)CC2)cc1. The fourth-order valence-electron chi connectivity index (χ4n) is 4.54. The first-order chi connectivity index (χ1) is 11.7. The van der Waals surface area contributed by atoms with Crippen LogP contribution in [0.2, 0.25) is 0 Å². The predicted octanol–water partition coefficient (Wildman–Crippen LogP) is 4.69. The number of piperidine rings is 1. The van der Waals surface area contributed by atoms with E-state index < -0.39 is 0 Å². The fourth-order valence-corrected chi connectivity index (χ4v) is 4.54. The highest BCUT2D eigenvalue weighted by Crippen LogP contribution is 2.45. The molecule has 0 saturated carbocycles. The first-order valence-corrected chi connectivity index (χ1v) is 9.42. The van der Waals surface area contributed by atoms with Crippen molar-refractivity contribution in [1.29, 1.82) is 0 Å². The Balaban J connectivity index is 1.40. The van der Waals surface area contributed by atoms with E-state index in [1.165, 1.54) is 55.6 Å². The van der Waals surface area contributed by atoms with Crippen LogP contribution in [-0.2, 0) is 18.4 Å². The standard InChI is InChI=1S/C22H28N2/c1-17(2)19-7-5-18(6-8-19)16-24-14-11-22(12-15-24)10-9-21-20(22)4-3-13-23-21/h3-8,13,17H,9-12,14-16H2,1-2H3. The number of pyridine rings is 1. The van der Waals surface area contributed by atoms with Gasteiger partial charge in [0.25, 0.3) is 0 Å². The Labute approximate surface area is 145 Å². The van der Waals surface area contributed by atoms with Crippen LogP contribution in [0, 0.1) is 0 Å². The van der Waals surface area contributed by atoms with E-state index in [9.17, 15) is 0 Å². The van der Waals surface area contributed by atoms with E-state index in [1.807, 2.05) is 6.20 Å². The lowest BCUT2D eigenvalue weighted by atomic mass is 9.74. The van der Waals surface area contributed by atoms with E-state index in [1.54, 1.807) is 5.56 Å². The molecule has 1 saturated heterocycles. The number of aryl methyl sites for hydroxylation is 1. The summed E-state index contributed by atoms with van der Waals surface area (Å²) in [6, 6.07) is 13.7. The molecule has 0 atom stereocenters. The Hall–Kier alpha value is -1.67. The topological polar surface area (TPSA) is 16.1 Å². The average Bonchev–Trinajstić information content (AvgIpc) is 2.97. The molecule has 2 heteroatoms. The van der Waals surface area contributed by atoms with Gasteiger partial charge in [0.15, 0.2) is 0 Å². The highest BCUT2D eigenvalue weighted by molar-refractivity contribution is 5.35. The smallest absolute Gasteiger partial charge is 0.0441 e. The van der Waals surface area contributed by atoms with Crippen molar-refractivity contribution < 1.29 is 0 Å². The van der Waals surface area contributed by atoms with Gasteiger partial charge in [-0.3, -0.25) is 9.88 Å². The molecule has 1 aromatic heterocycles. The molecule has 1 aliphatic heterocycles. The van der Waals surface area contributed by atoms with Crippen LogP contribution in [0.15, 0.2) is 42.6 Å². The Morgan fingerprint density at radius 1 is 1.04 bits per heavy atom. The molecule has 0 N–H and O–H groups in total. The molecular weight excluding hydrogens is 292 g/mol. The van der Waals surface area contributed by atoms with Crippen LogP contribution in [0.5, 0.6) is 0 Å². The van der Waals surface area contributed by atoms with Crippen molar-refractivity contribution in [3.63, 3.8) is 0 Å². The lowest BCUT2D eigenvalue weighted by Crippen LogP contribution is -2.41. The molecule has 0 unspecified atom stereocenters. The molecule has 0 amide bonds. The summed E-state index contributed by atoms with van der Waals surface area (Å²) >= 11 is 0. The van der Waals surface area contributed by atoms with E-state index in [2.05, 4.69) is 60.1 Å². The molecule has 126 valence electrons. The molecule has 0 radical (unpaired) electrons. The molecule has 1 aliphatic carbocycles. The Morgan fingerprint density at radius 2 is 1.79 bits per heavy atom. The summed E-state index contributed by atoms with van der Waals surface area (Å²) in [7, 11) is 0. The van der Waals surface area contributed by atoms with Crippen LogP contribution in [-0.4, -0.2) is 23.0 Å². The Morgan fingerprint density at radius 3 is 2.50 bits per heavy atom. The van der Waals surface area contributed by atoms with Crippen molar-refractivity contribution in [3.05, 3.63) is 65.0 Å². The third-order valence-electron chi connectivity index (χ3n) is 6.17. The monoisotopic (exact) mass is 320 g/mol. The summed E-state index contributed by atoms with van der Waals surface area (Å²) in [5, 5.41) is 0. The second-order valence-corrected chi connectivity index (χ2v) is 7.95. The molecule has 2 aliphatic rings. The summed E-state index contributed by atoms with van der Waals surface area (Å²) in [6.07, 6.45) is 7.00. The molecule has 2 heterocycles. The van der Waals surface area contributed by atoms with Crippen LogP contribution >= 0.6 is 0 Å². The Bertz CT molecular complexity index is 694. The van der Waals surface area contributed by atoms with Crippen LogP contribution in [0.1, 0.15) is 61.4 Å². The van der Waals surface area contributed by atoms with Crippen LogP contribution < -0.4 is 0 Å². The van der Waals surface area contributed by atoms with Gasteiger partial charge in [0.2, 0.25) is 0 Å². The van der Waals surface area contributed by atoms with Crippen LogP contribution in [0.3, 0.4) is 0 Å². The lowest BCUT2D eigenvalue weighted by molar-refractivity contribution is 0.152. The highest BCUT2D eigenvalue weighted by Gasteiger charge is 2.41. The highest BCUT2D eigenvalue weighted by atomic mass is 15.1. The summed E-state index contributed by atoms with van der Waals surface area (Å²) < 4.78 is 0. The predicted molar refractivity (Wildman–Crippen MR) is 99.3 cm³/mol. The minimum atomic E-state index is 0.418. The summed E-state index contributed by atoms with van der Waals surface area (Å²) in [6.45, 7) is 8.02. The maximum atomic E-state index is 4.60. The second-order valence-electron chi connectivity index (χ2n) is 7.95. The van der Waals surface area contributed by atoms with Crippen LogP contribution in [0.25, 0.3) is 0 Å². The number of aromatic nitrogens is 1. The fraction of sp³-hybridized carbons (Fsp3) is 0.500. The van der Waals surface area contributed by atoms with E-state index in [0.717, 1.165) is 6.54 Å². The normalized spacial score (nSPS) is 19.8. The maximum absolute atomic E-state index is 4.60. The zero-order chi connectivity index (χ0) is 16.6. The summed E-state index contributed by atoms with van der Waals surface area (Å²) in [4.78, 5) is 7.23. The summed E-state index contributed by atoms with van der Waals surface area (Å²) in [5.74, 6) is 0.616. The number of likely N-dealkylation sites (tertiary alicyclic amines) is 1. The number of hydrogen-bond acceptors (Lipinski definition) is 2. The van der Waals surface area contributed by atoms with E-state index in [0.29, 0.717) is 11.3 Å². The molecule has 4 rings (SSSR count).